The number of aromatic nitrogens is 2. The Kier molecular flexibility index (Phi) is 5.66. The molecule has 0 radical (unpaired) electrons. The van der Waals surface area contributed by atoms with E-state index in [1.807, 2.05) is 0 Å². The number of nitrogens with zero attached hydrogens (tertiary/aromatic N) is 4. The van der Waals surface area contributed by atoms with Gasteiger partial charge in [0.2, 0.25) is 11.8 Å². The molecule has 0 amide bonds. The molecule has 3 unspecified atom stereocenters. The van der Waals surface area contributed by atoms with Crippen molar-refractivity contribution in [3.63, 3.8) is 0 Å². The molecule has 29 heavy (non-hydrogen) atoms. The van der Waals surface area contributed by atoms with Gasteiger partial charge in [-0.1, -0.05) is 18.2 Å². The second-order valence-electron chi connectivity index (χ2n) is 6.52. The first-order chi connectivity index (χ1) is 13.7. The molecule has 9 nitrogen and oxygen atoms in total. The van der Waals surface area contributed by atoms with Crippen LogP contribution in [0.4, 0.5) is 14.7 Å². The molecule has 1 aromatic heterocycles. The number of rotatable bonds is 5. The number of aliphatic imine (C=N–C) groups is 1. The van der Waals surface area contributed by atoms with Crippen molar-refractivity contribution in [3.05, 3.63) is 47.2 Å². The summed E-state index contributed by atoms with van der Waals surface area (Å²) in [5.74, 6) is -1.97. The van der Waals surface area contributed by atoms with Crippen LogP contribution in [0.25, 0.3) is 0 Å². The summed E-state index contributed by atoms with van der Waals surface area (Å²) < 4.78 is 55.8. The number of guanidine groups is 1. The van der Waals surface area contributed by atoms with Crippen molar-refractivity contribution in [2.24, 2.45) is 16.5 Å². The van der Waals surface area contributed by atoms with Crippen molar-refractivity contribution < 1.29 is 22.3 Å². The highest BCUT2D eigenvalue weighted by Gasteiger charge is 2.53. The number of anilines is 1. The van der Waals surface area contributed by atoms with Crippen molar-refractivity contribution >= 4 is 23.0 Å². The maximum Gasteiger partial charge on any atom is 0.255 e. The Hall–Kier alpha value is -2.86. The first-order valence-electron chi connectivity index (χ1n) is 8.48. The summed E-state index contributed by atoms with van der Waals surface area (Å²) in [5.41, 5.74) is 9.67. The smallest absolute Gasteiger partial charge is 0.255 e. The standard InChI is InChI=1S/C17H20F2N6O3S/c1-9-13(19)14(28-2)23-16(22-9)25-7-12(29(26)27)17(8-25,24-15(20)21)10-5-3-4-6-11(10)18/h3-6,12H,7-8H2,1-2H3,(H,26,27)(H4,20,21,24). The minimum Gasteiger partial charge on any atom is -0.479 e. The molecule has 12 heteroatoms. The summed E-state index contributed by atoms with van der Waals surface area (Å²) in [6.07, 6.45) is 0. The minimum atomic E-state index is -2.43. The van der Waals surface area contributed by atoms with Gasteiger partial charge in [0.25, 0.3) is 5.88 Å². The van der Waals surface area contributed by atoms with Gasteiger partial charge in [-0.15, -0.1) is 0 Å². The number of benzene rings is 1. The third-order valence-electron chi connectivity index (χ3n) is 4.71. The van der Waals surface area contributed by atoms with E-state index in [0.717, 1.165) is 0 Å². The molecule has 156 valence electrons. The number of ether oxygens (including phenoxy) is 1. The van der Waals surface area contributed by atoms with Crippen LogP contribution in [0, 0.1) is 18.6 Å². The lowest BCUT2D eigenvalue weighted by atomic mass is 9.88. The van der Waals surface area contributed by atoms with Gasteiger partial charge in [0.05, 0.1) is 19.3 Å². The fourth-order valence-corrected chi connectivity index (χ4v) is 4.35. The average molecular weight is 426 g/mol. The fraction of sp³-hybridized carbons (Fsp3) is 0.353. The zero-order chi connectivity index (χ0) is 21.3. The van der Waals surface area contributed by atoms with Gasteiger partial charge >= 0.3 is 0 Å². The third kappa shape index (κ3) is 3.72. The molecule has 1 aromatic carbocycles. The third-order valence-corrected chi connectivity index (χ3v) is 5.74. The molecule has 3 rings (SSSR count). The van der Waals surface area contributed by atoms with Crippen LogP contribution in [0.5, 0.6) is 5.88 Å². The highest BCUT2D eigenvalue weighted by molar-refractivity contribution is 7.80. The van der Waals surface area contributed by atoms with E-state index in [0.29, 0.717) is 0 Å². The van der Waals surface area contributed by atoms with Crippen LogP contribution in [0.15, 0.2) is 29.3 Å². The van der Waals surface area contributed by atoms with E-state index >= 15 is 0 Å². The summed E-state index contributed by atoms with van der Waals surface area (Å²) in [7, 11) is 1.26. The molecular weight excluding hydrogens is 406 g/mol. The Morgan fingerprint density at radius 1 is 1.38 bits per heavy atom. The molecule has 0 bridgehead atoms. The highest BCUT2D eigenvalue weighted by atomic mass is 32.2. The second-order valence-corrected chi connectivity index (χ2v) is 7.64. The van der Waals surface area contributed by atoms with Crippen molar-refractivity contribution in [1.82, 2.24) is 9.97 Å². The van der Waals surface area contributed by atoms with Crippen molar-refractivity contribution in [3.8, 4) is 5.88 Å². The summed E-state index contributed by atoms with van der Waals surface area (Å²) >= 11 is -2.43. The van der Waals surface area contributed by atoms with Crippen molar-refractivity contribution in [2.45, 2.75) is 17.7 Å². The predicted octanol–water partition coefficient (Wildman–Crippen LogP) is 0.651. The van der Waals surface area contributed by atoms with Gasteiger partial charge in [-0.05, 0) is 13.0 Å². The Bertz CT molecular complexity index is 988. The lowest BCUT2D eigenvalue weighted by Crippen LogP contribution is -2.43. The largest absolute Gasteiger partial charge is 0.479 e. The van der Waals surface area contributed by atoms with Gasteiger partial charge in [-0.25, -0.2) is 18.6 Å². The Labute approximate surface area is 168 Å². The van der Waals surface area contributed by atoms with E-state index in [2.05, 4.69) is 15.0 Å². The molecular formula is C17H20F2N6O3S. The van der Waals surface area contributed by atoms with E-state index in [9.17, 15) is 17.5 Å². The van der Waals surface area contributed by atoms with Crippen molar-refractivity contribution in [1.29, 1.82) is 0 Å². The van der Waals surface area contributed by atoms with Gasteiger partial charge in [0.1, 0.15) is 16.6 Å². The topological polar surface area (TPSA) is 140 Å². The monoisotopic (exact) mass is 426 g/mol. The summed E-state index contributed by atoms with van der Waals surface area (Å²) in [5, 5.41) is -1.11. The molecule has 3 atom stereocenters. The van der Waals surface area contributed by atoms with E-state index in [-0.39, 0.29) is 42.1 Å². The van der Waals surface area contributed by atoms with Gasteiger partial charge in [-0.2, -0.15) is 9.37 Å². The maximum atomic E-state index is 14.7. The van der Waals surface area contributed by atoms with E-state index in [4.69, 9.17) is 16.2 Å². The first kappa shape index (κ1) is 20.9. The molecule has 5 N–H and O–H groups in total. The molecule has 0 spiro atoms. The quantitative estimate of drug-likeness (QED) is 0.360. The number of halogens is 2. The molecule has 1 saturated heterocycles. The number of nitrogens with two attached hydrogens (primary N) is 2. The zero-order valence-corrected chi connectivity index (χ0v) is 16.5. The van der Waals surface area contributed by atoms with E-state index in [1.165, 1.54) is 37.1 Å². The number of aryl methyl sites for hydroxylation is 1. The molecule has 2 aromatic rings. The number of hydrogen-bond donors (Lipinski definition) is 3. The van der Waals surface area contributed by atoms with Crippen LogP contribution in [-0.2, 0) is 16.6 Å². The minimum absolute atomic E-state index is 0.0266. The normalized spacial score (nSPS) is 22.4. The molecule has 2 heterocycles. The molecule has 0 aliphatic carbocycles. The average Bonchev–Trinajstić information content (AvgIpc) is 3.04. The van der Waals surface area contributed by atoms with Crippen LogP contribution < -0.4 is 21.1 Å². The Morgan fingerprint density at radius 2 is 2.07 bits per heavy atom. The predicted molar refractivity (Wildman–Crippen MR) is 104 cm³/mol. The summed E-state index contributed by atoms with van der Waals surface area (Å²) in [6.45, 7) is 1.24. The van der Waals surface area contributed by atoms with Crippen LogP contribution in [0.2, 0.25) is 0 Å². The van der Waals surface area contributed by atoms with Crippen LogP contribution >= 0.6 is 0 Å². The molecule has 1 aliphatic rings. The van der Waals surface area contributed by atoms with Crippen LogP contribution in [0.3, 0.4) is 0 Å². The number of hydrogen-bond acceptors (Lipinski definition) is 6. The summed E-state index contributed by atoms with van der Waals surface area (Å²) in [6, 6.07) is 5.71. The maximum absolute atomic E-state index is 14.7. The second kappa shape index (κ2) is 7.87. The Morgan fingerprint density at radius 3 is 2.66 bits per heavy atom. The van der Waals surface area contributed by atoms with Crippen LogP contribution in [0.1, 0.15) is 11.3 Å². The highest BCUT2D eigenvalue weighted by Crippen LogP contribution is 2.41. The molecule has 1 fully saturated rings. The van der Waals surface area contributed by atoms with Crippen LogP contribution in [-0.4, -0.2) is 50.1 Å². The van der Waals surface area contributed by atoms with Gasteiger partial charge in [0.15, 0.2) is 17.0 Å². The van der Waals surface area contributed by atoms with E-state index < -0.39 is 33.5 Å². The Balaban J connectivity index is 2.18. The van der Waals surface area contributed by atoms with Gasteiger partial charge in [-0.3, -0.25) is 0 Å². The SMILES string of the molecule is COc1nc(N2CC(S(=O)O)C(N=C(N)N)(c3ccccc3F)C2)nc(C)c1F. The molecule has 1 aliphatic heterocycles. The lowest BCUT2D eigenvalue weighted by Gasteiger charge is -2.29. The van der Waals surface area contributed by atoms with Crippen molar-refractivity contribution in [2.75, 3.05) is 25.1 Å². The summed E-state index contributed by atoms with van der Waals surface area (Å²) in [4.78, 5) is 13.8. The first-order valence-corrected chi connectivity index (χ1v) is 9.65. The van der Waals surface area contributed by atoms with Gasteiger partial charge < -0.3 is 25.7 Å². The lowest BCUT2D eigenvalue weighted by molar-refractivity contribution is 0.365. The molecule has 0 saturated carbocycles. The van der Waals surface area contributed by atoms with E-state index in [1.54, 1.807) is 6.07 Å². The number of methoxy groups -OCH3 is 1. The fourth-order valence-electron chi connectivity index (χ4n) is 3.46. The van der Waals surface area contributed by atoms with Gasteiger partial charge in [0, 0.05) is 12.1 Å². The zero-order valence-electron chi connectivity index (χ0n) is 15.7.